The van der Waals surface area contributed by atoms with Crippen LogP contribution in [0.25, 0.3) is 33.3 Å². The first-order valence-electron chi connectivity index (χ1n) is 11.9. The summed E-state index contributed by atoms with van der Waals surface area (Å²) in [4.78, 5) is 38.5. The van der Waals surface area contributed by atoms with Gasteiger partial charge in [0.2, 0.25) is 0 Å². The minimum Gasteiger partial charge on any atom is -0.493 e. The third kappa shape index (κ3) is 4.91. The van der Waals surface area contributed by atoms with E-state index in [4.69, 9.17) is 14.2 Å². The Kier molecular flexibility index (Phi) is 6.88. The Morgan fingerprint density at radius 2 is 1.83 bits per heavy atom. The van der Waals surface area contributed by atoms with E-state index in [0.717, 1.165) is 50.2 Å². The third-order valence-electron chi connectivity index (χ3n) is 6.38. The molecule has 2 aromatic carbocycles. The molecule has 36 heavy (non-hydrogen) atoms. The van der Waals surface area contributed by atoms with Gasteiger partial charge >= 0.3 is 0 Å². The average Bonchev–Trinajstić information content (AvgIpc) is 3.33. The molecule has 1 aliphatic rings. The topological polar surface area (TPSA) is 122 Å². The van der Waals surface area contributed by atoms with Crippen molar-refractivity contribution in [3.05, 3.63) is 52.3 Å². The van der Waals surface area contributed by atoms with Crippen LogP contribution in [0.15, 0.2) is 41.2 Å². The number of aromatic amines is 2. The van der Waals surface area contributed by atoms with Gasteiger partial charge in [-0.3, -0.25) is 14.5 Å². The van der Waals surface area contributed by atoms with E-state index in [2.05, 4.69) is 25.2 Å². The van der Waals surface area contributed by atoms with E-state index in [1.807, 2.05) is 18.2 Å². The zero-order valence-corrected chi connectivity index (χ0v) is 20.3. The number of carbonyl (C=O) groups is 1. The number of methoxy groups -OCH3 is 2. The Morgan fingerprint density at radius 1 is 1.06 bits per heavy atom. The summed E-state index contributed by atoms with van der Waals surface area (Å²) in [6.07, 6.45) is 0.884. The highest BCUT2D eigenvalue weighted by atomic mass is 16.5. The lowest BCUT2D eigenvalue weighted by Gasteiger charge is -2.26. The molecule has 0 saturated carbocycles. The molecule has 0 aliphatic carbocycles. The monoisotopic (exact) mass is 491 g/mol. The number of aromatic nitrogens is 3. The van der Waals surface area contributed by atoms with E-state index < -0.39 is 0 Å². The number of morpholine rings is 1. The summed E-state index contributed by atoms with van der Waals surface area (Å²) in [5.41, 5.74) is 2.97. The molecule has 1 fully saturated rings. The summed E-state index contributed by atoms with van der Waals surface area (Å²) in [6, 6.07) is 10.7. The maximum absolute atomic E-state index is 12.8. The van der Waals surface area contributed by atoms with Gasteiger partial charge in [0.25, 0.3) is 11.5 Å². The number of rotatable bonds is 8. The van der Waals surface area contributed by atoms with E-state index in [0.29, 0.717) is 40.3 Å². The van der Waals surface area contributed by atoms with Gasteiger partial charge in [-0.05, 0) is 37.2 Å². The highest BCUT2D eigenvalue weighted by molar-refractivity contribution is 5.99. The third-order valence-corrected chi connectivity index (χ3v) is 6.38. The van der Waals surface area contributed by atoms with Crippen LogP contribution in [0.5, 0.6) is 11.5 Å². The van der Waals surface area contributed by atoms with Gasteiger partial charge in [-0.2, -0.15) is 0 Å². The van der Waals surface area contributed by atoms with Crippen molar-refractivity contribution in [2.24, 2.45) is 0 Å². The number of benzene rings is 2. The van der Waals surface area contributed by atoms with Gasteiger partial charge < -0.3 is 29.5 Å². The van der Waals surface area contributed by atoms with Gasteiger partial charge in [0.1, 0.15) is 0 Å². The van der Waals surface area contributed by atoms with Crippen LogP contribution in [0.4, 0.5) is 0 Å². The lowest BCUT2D eigenvalue weighted by Crippen LogP contribution is -2.38. The molecule has 10 nitrogen and oxygen atoms in total. The second-order valence-corrected chi connectivity index (χ2v) is 8.69. The Labute approximate surface area is 207 Å². The van der Waals surface area contributed by atoms with Gasteiger partial charge in [-0.1, -0.05) is 0 Å². The van der Waals surface area contributed by atoms with Crippen molar-refractivity contribution in [1.29, 1.82) is 0 Å². The molecule has 1 aliphatic heterocycles. The summed E-state index contributed by atoms with van der Waals surface area (Å²) < 4.78 is 16.0. The number of H-pyrrole nitrogens is 2. The van der Waals surface area contributed by atoms with Gasteiger partial charge in [0.15, 0.2) is 17.2 Å². The average molecular weight is 492 g/mol. The number of fused-ring (bicyclic) bond motifs is 2. The largest absolute Gasteiger partial charge is 0.493 e. The van der Waals surface area contributed by atoms with Gasteiger partial charge in [-0.15, -0.1) is 0 Å². The zero-order valence-electron chi connectivity index (χ0n) is 20.3. The summed E-state index contributed by atoms with van der Waals surface area (Å²) in [5.74, 6) is 0.907. The van der Waals surface area contributed by atoms with Gasteiger partial charge in [0, 0.05) is 48.2 Å². The predicted molar refractivity (Wildman–Crippen MR) is 137 cm³/mol. The highest BCUT2D eigenvalue weighted by Gasteiger charge is 2.15. The molecule has 0 unspecified atom stereocenters. The van der Waals surface area contributed by atoms with Crippen molar-refractivity contribution in [2.75, 3.05) is 53.6 Å². The number of amides is 1. The summed E-state index contributed by atoms with van der Waals surface area (Å²) in [7, 11) is 3.08. The van der Waals surface area contributed by atoms with Crippen LogP contribution in [0.2, 0.25) is 0 Å². The van der Waals surface area contributed by atoms with Crippen LogP contribution in [0.1, 0.15) is 16.8 Å². The van der Waals surface area contributed by atoms with E-state index in [1.165, 1.54) is 7.11 Å². The Morgan fingerprint density at radius 3 is 2.61 bits per heavy atom. The fourth-order valence-electron chi connectivity index (χ4n) is 4.43. The minimum atomic E-state index is -0.334. The summed E-state index contributed by atoms with van der Waals surface area (Å²) in [6.45, 7) is 4.98. The van der Waals surface area contributed by atoms with E-state index >= 15 is 0 Å². The number of nitrogens with one attached hydrogen (secondary N) is 3. The van der Waals surface area contributed by atoms with Crippen molar-refractivity contribution >= 4 is 27.8 Å². The van der Waals surface area contributed by atoms with Crippen LogP contribution >= 0.6 is 0 Å². The summed E-state index contributed by atoms with van der Waals surface area (Å²) >= 11 is 0. The molecule has 4 aromatic rings. The normalized spacial score (nSPS) is 14.3. The second kappa shape index (κ2) is 10.4. The molecular formula is C26H29N5O5. The SMILES string of the molecule is COc1cc2nc(-c3cc4cc(C(=O)NCCCN5CCOCC5)ccc4[nH]3)c(=O)[nH]c2cc1OC. The smallest absolute Gasteiger partial charge is 0.276 e. The molecule has 0 radical (unpaired) electrons. The van der Waals surface area contributed by atoms with Crippen molar-refractivity contribution in [3.63, 3.8) is 0 Å². The molecule has 2 aromatic heterocycles. The molecule has 1 amide bonds. The Balaban J connectivity index is 1.33. The molecule has 5 rings (SSSR count). The first-order chi connectivity index (χ1) is 17.6. The first kappa shape index (κ1) is 23.8. The maximum Gasteiger partial charge on any atom is 0.276 e. The Hall–Kier alpha value is -3.89. The van der Waals surface area contributed by atoms with Crippen molar-refractivity contribution < 1.29 is 19.0 Å². The summed E-state index contributed by atoms with van der Waals surface area (Å²) in [5, 5.41) is 3.81. The maximum atomic E-state index is 12.8. The standard InChI is InChI=1S/C26H29N5O5/c1-34-22-14-19-20(15-23(22)35-2)30-26(33)24(29-19)21-13-17-12-16(4-5-18(17)28-21)25(32)27-6-3-7-31-8-10-36-11-9-31/h4-5,12-15,28H,3,6-11H2,1-2H3,(H,27,32)(H,30,33). The molecule has 1 saturated heterocycles. The van der Waals surface area contributed by atoms with Crippen LogP contribution in [0, 0.1) is 0 Å². The second-order valence-electron chi connectivity index (χ2n) is 8.69. The number of carbonyl (C=O) groups excluding carboxylic acids is 1. The lowest BCUT2D eigenvalue weighted by atomic mass is 10.1. The van der Waals surface area contributed by atoms with Gasteiger partial charge in [0.05, 0.1) is 44.2 Å². The van der Waals surface area contributed by atoms with Crippen LogP contribution in [-0.4, -0.2) is 79.4 Å². The number of nitrogens with zero attached hydrogens (tertiary/aromatic N) is 2. The molecule has 10 heteroatoms. The fraction of sp³-hybridized carbons (Fsp3) is 0.346. The zero-order chi connectivity index (χ0) is 25.1. The molecule has 188 valence electrons. The molecule has 0 bridgehead atoms. The Bertz CT molecular complexity index is 1450. The van der Waals surface area contributed by atoms with Crippen molar-refractivity contribution in [3.8, 4) is 22.9 Å². The van der Waals surface area contributed by atoms with Gasteiger partial charge in [-0.25, -0.2) is 4.98 Å². The molecular weight excluding hydrogens is 462 g/mol. The van der Waals surface area contributed by atoms with Crippen LogP contribution in [0.3, 0.4) is 0 Å². The fourth-order valence-corrected chi connectivity index (χ4v) is 4.43. The minimum absolute atomic E-state index is 0.121. The molecule has 0 atom stereocenters. The van der Waals surface area contributed by atoms with E-state index in [1.54, 1.807) is 25.3 Å². The molecule has 3 N–H and O–H groups in total. The van der Waals surface area contributed by atoms with E-state index in [9.17, 15) is 9.59 Å². The molecule has 0 spiro atoms. The van der Waals surface area contributed by atoms with E-state index in [-0.39, 0.29) is 17.2 Å². The van der Waals surface area contributed by atoms with Crippen LogP contribution < -0.4 is 20.3 Å². The highest BCUT2D eigenvalue weighted by Crippen LogP contribution is 2.31. The first-order valence-corrected chi connectivity index (χ1v) is 11.9. The molecule has 3 heterocycles. The quantitative estimate of drug-likeness (QED) is 0.324. The van der Waals surface area contributed by atoms with Crippen molar-refractivity contribution in [1.82, 2.24) is 25.2 Å². The number of hydrogen-bond donors (Lipinski definition) is 3. The van der Waals surface area contributed by atoms with Crippen molar-refractivity contribution in [2.45, 2.75) is 6.42 Å². The number of ether oxygens (including phenoxy) is 3. The lowest BCUT2D eigenvalue weighted by molar-refractivity contribution is 0.0374. The van der Waals surface area contributed by atoms with Crippen LogP contribution in [-0.2, 0) is 4.74 Å². The predicted octanol–water partition coefficient (Wildman–Crippen LogP) is 2.54. The number of hydrogen-bond acceptors (Lipinski definition) is 7.